The van der Waals surface area contributed by atoms with Gasteiger partial charge in [0.25, 0.3) is 0 Å². The number of methoxy groups -OCH3 is 1. The Kier molecular flexibility index (Phi) is 9.85. The van der Waals surface area contributed by atoms with Crippen LogP contribution >= 0.6 is 0 Å². The van der Waals surface area contributed by atoms with Crippen LogP contribution < -0.4 is 4.90 Å². The van der Waals surface area contributed by atoms with E-state index in [1.807, 2.05) is 32.2 Å². The average Bonchev–Trinajstić information content (AvgIpc) is 3.34. The van der Waals surface area contributed by atoms with Crippen molar-refractivity contribution in [2.45, 2.75) is 71.3 Å². The summed E-state index contributed by atoms with van der Waals surface area (Å²) in [6.45, 7) is 8.67. The number of furan rings is 1. The molecular weight excluding hydrogens is 446 g/mol. The van der Waals surface area contributed by atoms with Crippen molar-refractivity contribution in [1.82, 2.24) is 9.88 Å². The van der Waals surface area contributed by atoms with Crippen LogP contribution in [0.25, 0.3) is 16.7 Å². The molecule has 3 aliphatic rings. The smallest absolute Gasteiger partial charge is 0.171 e. The topological polar surface area (TPSA) is 41.7 Å². The molecule has 1 aromatic carbocycles. The lowest BCUT2D eigenvalue weighted by Crippen LogP contribution is -2.50. The molecule has 1 saturated heterocycles. The second-order valence-corrected chi connectivity index (χ2v) is 9.61. The Balaban J connectivity index is 0.000000184. The molecule has 36 heavy (non-hydrogen) atoms. The van der Waals surface area contributed by atoms with Crippen LogP contribution in [-0.4, -0.2) is 49.2 Å². The number of anilines is 1. The van der Waals surface area contributed by atoms with Gasteiger partial charge < -0.3 is 14.1 Å². The van der Waals surface area contributed by atoms with E-state index < -0.39 is 0 Å². The minimum Gasteiger partial charge on any atom is -0.493 e. The van der Waals surface area contributed by atoms with Crippen molar-refractivity contribution in [3.8, 4) is 0 Å². The number of para-hydroxylation sites is 1. The van der Waals surface area contributed by atoms with Crippen LogP contribution in [0.2, 0.25) is 0 Å². The lowest BCUT2D eigenvalue weighted by molar-refractivity contribution is 0.148. The third kappa shape index (κ3) is 6.31. The molecule has 3 aromatic rings. The summed E-state index contributed by atoms with van der Waals surface area (Å²) in [6.07, 6.45) is 16.2. The number of fused-ring (bicyclic) bond motifs is 2. The van der Waals surface area contributed by atoms with Gasteiger partial charge in [-0.05, 0) is 56.4 Å². The normalized spacial score (nSPS) is 18.6. The van der Waals surface area contributed by atoms with Crippen molar-refractivity contribution < 1.29 is 9.15 Å². The Hall–Kier alpha value is -2.79. The van der Waals surface area contributed by atoms with Crippen LogP contribution in [0.3, 0.4) is 0 Å². The summed E-state index contributed by atoms with van der Waals surface area (Å²) in [7, 11) is 1.68. The maximum atomic E-state index is 5.35. The fourth-order valence-corrected chi connectivity index (χ4v) is 5.66. The zero-order chi connectivity index (χ0) is 25.2. The number of allylic oxidation sites excluding steroid dienone is 1. The molecule has 1 saturated carbocycles. The Labute approximate surface area is 217 Å². The predicted octanol–water partition coefficient (Wildman–Crippen LogP) is 7.32. The number of nitrogens with zero attached hydrogens (tertiary/aromatic N) is 3. The van der Waals surface area contributed by atoms with Crippen LogP contribution in [-0.2, 0) is 11.2 Å². The molecule has 0 spiro atoms. The largest absolute Gasteiger partial charge is 0.493 e. The minimum atomic E-state index is 0.849. The maximum Gasteiger partial charge on any atom is 0.171 e. The third-order valence-corrected chi connectivity index (χ3v) is 7.53. The van der Waals surface area contributed by atoms with Crippen molar-refractivity contribution in [2.75, 3.05) is 38.2 Å². The van der Waals surface area contributed by atoms with Gasteiger partial charge in [0, 0.05) is 49.4 Å². The molecule has 0 radical (unpaired) electrons. The van der Waals surface area contributed by atoms with Crippen LogP contribution in [0.4, 0.5) is 5.69 Å². The molecular formula is C31H43N3O2. The van der Waals surface area contributed by atoms with Crippen molar-refractivity contribution in [3.63, 3.8) is 0 Å². The van der Waals surface area contributed by atoms with Crippen LogP contribution in [0, 0.1) is 0 Å². The van der Waals surface area contributed by atoms with E-state index in [0.29, 0.717) is 0 Å². The molecule has 0 amide bonds. The number of hydrogen-bond acceptors (Lipinski definition) is 5. The second-order valence-electron chi connectivity index (χ2n) is 9.61. The van der Waals surface area contributed by atoms with Crippen molar-refractivity contribution in [3.05, 3.63) is 66.3 Å². The molecule has 0 atom stereocenters. The Bertz CT molecular complexity index is 1090. The lowest BCUT2D eigenvalue weighted by atomic mass is 9.94. The summed E-state index contributed by atoms with van der Waals surface area (Å²) in [4.78, 5) is 9.86. The number of piperazine rings is 1. The van der Waals surface area contributed by atoms with E-state index in [4.69, 9.17) is 9.15 Å². The molecule has 0 N–H and O–H groups in total. The molecule has 2 aliphatic carbocycles. The Morgan fingerprint density at radius 3 is 2.47 bits per heavy atom. The minimum absolute atomic E-state index is 0.849. The van der Waals surface area contributed by atoms with Gasteiger partial charge in [0.05, 0.1) is 24.6 Å². The Morgan fingerprint density at radius 1 is 0.917 bits per heavy atom. The first-order chi connectivity index (χ1) is 17.8. The summed E-state index contributed by atoms with van der Waals surface area (Å²) in [5.74, 6) is 1.79. The van der Waals surface area contributed by atoms with Crippen molar-refractivity contribution in [1.29, 1.82) is 0 Å². The molecule has 6 rings (SSSR count). The number of aromatic nitrogens is 1. The molecule has 0 bridgehead atoms. The zero-order valence-corrected chi connectivity index (χ0v) is 22.4. The van der Waals surface area contributed by atoms with Gasteiger partial charge in [-0.15, -0.1) is 0 Å². The van der Waals surface area contributed by atoms with E-state index in [-0.39, 0.29) is 0 Å². The maximum absolute atomic E-state index is 5.35. The average molecular weight is 490 g/mol. The summed E-state index contributed by atoms with van der Waals surface area (Å²) in [5, 5.41) is 1.25. The standard InChI is InChI=1S/C19H25N3.C10H12O2.C2H6/c1-2-8-17(9-3-1)21-12-14-22(15-13-21)18-10-4-6-16-7-5-11-20-19(16)18;1-11-9-5-3-2-4-8-6-7-12-10(8)9;1-2/h4-7,10-11,17H,1-3,8-9,12-15H2;5-7H,2-4H2,1H3;1-2H3. The summed E-state index contributed by atoms with van der Waals surface area (Å²) in [5.41, 5.74) is 3.72. The number of ether oxygens (including phenoxy) is 1. The number of hydrogen-bond donors (Lipinski definition) is 0. The molecule has 194 valence electrons. The molecule has 5 nitrogen and oxygen atoms in total. The van der Waals surface area contributed by atoms with E-state index >= 15 is 0 Å². The monoisotopic (exact) mass is 489 g/mol. The van der Waals surface area contributed by atoms with Crippen LogP contribution in [0.15, 0.2) is 59.4 Å². The van der Waals surface area contributed by atoms with E-state index in [9.17, 15) is 0 Å². The lowest BCUT2D eigenvalue weighted by Gasteiger charge is -2.41. The van der Waals surface area contributed by atoms with Crippen molar-refractivity contribution in [2.24, 2.45) is 0 Å². The number of aryl methyl sites for hydroxylation is 1. The highest BCUT2D eigenvalue weighted by Crippen LogP contribution is 2.29. The Morgan fingerprint density at radius 2 is 1.69 bits per heavy atom. The van der Waals surface area contributed by atoms with Crippen molar-refractivity contribution >= 4 is 22.3 Å². The van der Waals surface area contributed by atoms with Gasteiger partial charge in [0.1, 0.15) is 0 Å². The SMILES string of the molecule is CC.COC1=CCCCc2ccoc21.c1cnc2c(N3CCN(C4CCCCC4)CC3)cccc2c1. The second kappa shape index (κ2) is 13.5. The van der Waals surface area contributed by atoms with E-state index in [0.717, 1.165) is 49.0 Å². The third-order valence-electron chi connectivity index (χ3n) is 7.53. The van der Waals surface area contributed by atoms with Gasteiger partial charge in [-0.25, -0.2) is 0 Å². The number of pyridine rings is 1. The first-order valence-corrected chi connectivity index (χ1v) is 14.0. The molecule has 3 heterocycles. The first-order valence-electron chi connectivity index (χ1n) is 14.0. The predicted molar refractivity (Wildman–Crippen MR) is 150 cm³/mol. The molecule has 0 unspecified atom stereocenters. The quantitative estimate of drug-likeness (QED) is 0.386. The van der Waals surface area contributed by atoms with Gasteiger partial charge in [0.2, 0.25) is 0 Å². The first kappa shape index (κ1) is 26.3. The van der Waals surface area contributed by atoms with Gasteiger partial charge >= 0.3 is 0 Å². The molecule has 1 aliphatic heterocycles. The highest BCUT2D eigenvalue weighted by Gasteiger charge is 2.25. The van der Waals surface area contributed by atoms with Gasteiger partial charge in [-0.1, -0.05) is 51.3 Å². The van der Waals surface area contributed by atoms with Gasteiger partial charge in [-0.2, -0.15) is 0 Å². The van der Waals surface area contributed by atoms with E-state index in [1.165, 1.54) is 68.3 Å². The van der Waals surface area contributed by atoms with Crippen LogP contribution in [0.5, 0.6) is 0 Å². The molecule has 2 aromatic heterocycles. The van der Waals surface area contributed by atoms with E-state index in [2.05, 4.69) is 45.1 Å². The van der Waals surface area contributed by atoms with E-state index in [1.54, 1.807) is 13.4 Å². The fourth-order valence-electron chi connectivity index (χ4n) is 5.66. The van der Waals surface area contributed by atoms with Crippen LogP contribution in [0.1, 0.15) is 70.1 Å². The summed E-state index contributed by atoms with van der Waals surface area (Å²) < 4.78 is 10.6. The molecule has 5 heteroatoms. The highest BCUT2D eigenvalue weighted by atomic mass is 16.5. The number of benzene rings is 1. The number of rotatable bonds is 3. The van der Waals surface area contributed by atoms with Gasteiger partial charge in [-0.3, -0.25) is 9.88 Å². The zero-order valence-electron chi connectivity index (χ0n) is 22.4. The summed E-state index contributed by atoms with van der Waals surface area (Å²) in [6, 6.07) is 13.6. The molecule has 2 fully saturated rings. The fraction of sp³-hybridized carbons (Fsp3) is 0.516. The highest BCUT2D eigenvalue weighted by molar-refractivity contribution is 5.90. The van der Waals surface area contributed by atoms with Gasteiger partial charge in [0.15, 0.2) is 11.5 Å². The summed E-state index contributed by atoms with van der Waals surface area (Å²) >= 11 is 0.